The number of rotatable bonds is 12. The van der Waals surface area contributed by atoms with Gasteiger partial charge in [0.25, 0.3) is 0 Å². The van der Waals surface area contributed by atoms with Crippen LogP contribution in [0.25, 0.3) is 55.9 Å². The van der Waals surface area contributed by atoms with E-state index in [9.17, 15) is 0 Å². The number of nitrogens with one attached hydrogen (secondary N) is 2. The lowest BCUT2D eigenvalue weighted by Gasteiger charge is -2.33. The van der Waals surface area contributed by atoms with Crippen molar-refractivity contribution in [3.63, 3.8) is 0 Å². The molecule has 0 amide bonds. The molecule has 2 N–H and O–H groups in total. The summed E-state index contributed by atoms with van der Waals surface area (Å²) in [5.41, 5.74) is 11.7. The monoisotopic (exact) mass is 839 g/mol. The zero-order chi connectivity index (χ0) is 41.7. The number of benzene rings is 2. The molecule has 0 atom stereocenters. The van der Waals surface area contributed by atoms with Gasteiger partial charge in [0, 0.05) is 83.5 Å². The molecule has 0 aliphatic carbocycles. The minimum atomic E-state index is -0.0466. The molecule has 12 nitrogen and oxygen atoms in total. The van der Waals surface area contributed by atoms with E-state index in [4.69, 9.17) is 29.9 Å². The molecule has 0 saturated carbocycles. The first-order valence-corrected chi connectivity index (χ1v) is 21.6. The summed E-state index contributed by atoms with van der Waals surface area (Å²) in [4.78, 5) is 33.1. The van der Waals surface area contributed by atoms with Crippen molar-refractivity contribution < 1.29 is 4.74 Å². The van der Waals surface area contributed by atoms with Gasteiger partial charge in [0.15, 0.2) is 16.9 Å². The predicted octanol–water partition coefficient (Wildman–Crippen LogP) is 10.3. The van der Waals surface area contributed by atoms with Crippen LogP contribution in [0.1, 0.15) is 11.4 Å². The number of thiazole rings is 2. The van der Waals surface area contributed by atoms with E-state index in [2.05, 4.69) is 91.4 Å². The minimum Gasteiger partial charge on any atom is -0.462 e. The first kappa shape index (κ1) is 39.4. The van der Waals surface area contributed by atoms with E-state index in [-0.39, 0.29) is 6.61 Å². The highest BCUT2D eigenvalue weighted by molar-refractivity contribution is 7.14. The maximum absolute atomic E-state index is 8.83. The summed E-state index contributed by atoms with van der Waals surface area (Å²) < 4.78 is 5.38. The Morgan fingerprint density at radius 1 is 0.623 bits per heavy atom. The second-order valence-corrected chi connectivity index (χ2v) is 16.5. The van der Waals surface area contributed by atoms with Gasteiger partial charge >= 0.3 is 0 Å². The average molecular weight is 840 g/mol. The minimum absolute atomic E-state index is 0.0466. The number of pyridine rings is 4. The molecule has 14 heteroatoms. The highest BCUT2D eigenvalue weighted by Crippen LogP contribution is 2.36. The smallest absolute Gasteiger partial charge is 0.214 e. The SMILES string of the molecule is Cc1cc(-c2ccc(C)nc2Nc2nc(-c3ccc(-c4ccnc(N5CCN(C)CC5)c4)cc3)cs2)cc(Nc2nc(-c3ccc(-c4ccnc(OCC#N)c4)cc3)cs2)n1. The van der Waals surface area contributed by atoms with Crippen LogP contribution < -0.4 is 20.3 Å². The molecule has 302 valence electrons. The van der Waals surface area contributed by atoms with Gasteiger partial charge in [-0.2, -0.15) is 5.26 Å². The van der Waals surface area contributed by atoms with E-state index in [0.29, 0.717) is 11.7 Å². The predicted molar refractivity (Wildman–Crippen MR) is 246 cm³/mol. The van der Waals surface area contributed by atoms with Gasteiger partial charge in [-0.3, -0.25) is 0 Å². The summed E-state index contributed by atoms with van der Waals surface area (Å²) >= 11 is 3.07. The molecule has 1 aliphatic heterocycles. The molecule has 7 heterocycles. The number of anilines is 5. The zero-order valence-electron chi connectivity index (χ0n) is 33.8. The molecule has 0 unspecified atom stereocenters. The number of likely N-dealkylation sites (N-methyl/N-ethyl adjacent to an activating group) is 1. The Morgan fingerprint density at radius 2 is 1.25 bits per heavy atom. The Labute approximate surface area is 362 Å². The summed E-state index contributed by atoms with van der Waals surface area (Å²) in [6, 6.07) is 34.9. The molecule has 1 saturated heterocycles. The topological polar surface area (TPSA) is 141 Å². The third-order valence-corrected chi connectivity index (χ3v) is 11.9. The summed E-state index contributed by atoms with van der Waals surface area (Å²) in [6.45, 7) is 7.98. The third-order valence-electron chi connectivity index (χ3n) is 10.4. The van der Waals surface area contributed by atoms with Crippen LogP contribution in [0.4, 0.5) is 27.7 Å². The fourth-order valence-electron chi connectivity index (χ4n) is 7.16. The number of aryl methyl sites for hydroxylation is 2. The van der Waals surface area contributed by atoms with Crippen LogP contribution in [0.3, 0.4) is 0 Å². The van der Waals surface area contributed by atoms with E-state index in [1.165, 1.54) is 11.3 Å². The number of nitrogens with zero attached hydrogens (tertiary/aromatic N) is 9. The highest BCUT2D eigenvalue weighted by Gasteiger charge is 2.17. The summed E-state index contributed by atoms with van der Waals surface area (Å²) in [7, 11) is 2.17. The van der Waals surface area contributed by atoms with Gasteiger partial charge in [0.05, 0.1) is 11.4 Å². The van der Waals surface area contributed by atoms with Crippen molar-refractivity contribution in [3.8, 4) is 67.8 Å². The van der Waals surface area contributed by atoms with Crippen LogP contribution in [0.5, 0.6) is 5.88 Å². The molecule has 0 spiro atoms. The average Bonchev–Trinajstić information content (AvgIpc) is 3.96. The number of piperazine rings is 1. The van der Waals surface area contributed by atoms with E-state index in [0.717, 1.165) is 115 Å². The number of hydrogen-bond acceptors (Lipinski definition) is 14. The van der Waals surface area contributed by atoms with Crippen LogP contribution in [-0.2, 0) is 0 Å². The van der Waals surface area contributed by atoms with Crippen LogP contribution in [0.2, 0.25) is 0 Å². The molecule has 61 heavy (non-hydrogen) atoms. The lowest BCUT2D eigenvalue weighted by atomic mass is 10.0. The first-order valence-electron chi connectivity index (χ1n) is 19.8. The van der Waals surface area contributed by atoms with Crippen LogP contribution in [0.15, 0.2) is 120 Å². The summed E-state index contributed by atoms with van der Waals surface area (Å²) in [5, 5.41) is 21.4. The first-order chi connectivity index (χ1) is 29.8. The summed E-state index contributed by atoms with van der Waals surface area (Å²) in [6.07, 6.45) is 3.58. The van der Waals surface area contributed by atoms with Crippen LogP contribution >= 0.6 is 22.7 Å². The van der Waals surface area contributed by atoms with Gasteiger partial charge in [-0.25, -0.2) is 29.9 Å². The highest BCUT2D eigenvalue weighted by atomic mass is 32.1. The maximum Gasteiger partial charge on any atom is 0.214 e. The van der Waals surface area contributed by atoms with Gasteiger partial charge in [-0.05, 0) is 91.2 Å². The fraction of sp³-hybridized carbons (Fsp3) is 0.170. The Hall–Kier alpha value is -7.05. The zero-order valence-corrected chi connectivity index (χ0v) is 35.5. The largest absolute Gasteiger partial charge is 0.462 e. The Balaban J connectivity index is 0.884. The number of hydrogen-bond donors (Lipinski definition) is 2. The molecule has 0 bridgehead atoms. The lowest BCUT2D eigenvalue weighted by Crippen LogP contribution is -2.44. The molecule has 0 radical (unpaired) electrons. The van der Waals surface area contributed by atoms with Crippen molar-refractivity contribution in [2.75, 3.05) is 55.4 Å². The molecule has 2 aromatic carbocycles. The van der Waals surface area contributed by atoms with Crippen molar-refractivity contribution in [2.45, 2.75) is 13.8 Å². The van der Waals surface area contributed by atoms with Gasteiger partial charge in [0.2, 0.25) is 5.88 Å². The second kappa shape index (κ2) is 17.7. The van der Waals surface area contributed by atoms with Crippen molar-refractivity contribution in [1.29, 1.82) is 5.26 Å². The summed E-state index contributed by atoms with van der Waals surface area (Å²) in [5.74, 6) is 2.85. The van der Waals surface area contributed by atoms with Gasteiger partial charge < -0.3 is 25.2 Å². The van der Waals surface area contributed by atoms with Crippen molar-refractivity contribution in [1.82, 2.24) is 34.8 Å². The Kier molecular flexibility index (Phi) is 11.4. The van der Waals surface area contributed by atoms with E-state index in [1.54, 1.807) is 17.5 Å². The van der Waals surface area contributed by atoms with Crippen molar-refractivity contribution >= 4 is 50.4 Å². The Bertz CT molecular complexity index is 2840. The molecule has 8 aromatic rings. The van der Waals surface area contributed by atoms with Crippen LogP contribution in [-0.4, -0.2) is 74.6 Å². The molecule has 1 aliphatic rings. The van der Waals surface area contributed by atoms with Crippen LogP contribution in [0, 0.1) is 25.2 Å². The number of aromatic nitrogens is 6. The fourth-order valence-corrected chi connectivity index (χ4v) is 8.60. The second-order valence-electron chi connectivity index (χ2n) is 14.7. The molecule has 1 fully saturated rings. The van der Waals surface area contributed by atoms with E-state index < -0.39 is 0 Å². The molecule has 9 rings (SSSR count). The number of ether oxygens (including phenoxy) is 1. The van der Waals surface area contributed by atoms with E-state index in [1.807, 2.05) is 80.0 Å². The van der Waals surface area contributed by atoms with Gasteiger partial charge in [0.1, 0.15) is 23.5 Å². The van der Waals surface area contributed by atoms with Gasteiger partial charge in [-0.1, -0.05) is 48.5 Å². The van der Waals surface area contributed by atoms with Crippen molar-refractivity contribution in [3.05, 3.63) is 132 Å². The van der Waals surface area contributed by atoms with E-state index >= 15 is 0 Å². The van der Waals surface area contributed by atoms with Crippen molar-refractivity contribution in [2.24, 2.45) is 0 Å². The number of nitriles is 1. The standard InChI is InChI=1S/C47H41N11OS2/c1-30-4-13-39(45(52-30)56-47-54-41(29-61-47)35-9-5-32(6-10-35)36-14-17-49-43(26-36)58-21-19-57(3)20-22-58)38-24-31(2)51-42(25-38)55-46-53-40(28-60-46)34-11-7-33(8-12-34)37-15-18-50-44(27-37)59-23-16-48/h4-15,17-18,24-29H,19-23H2,1-3H3,(H,51,53,55)(H,52,54,56). The quantitative estimate of drug-likeness (QED) is 0.121. The molecular formula is C47H41N11OS2. The maximum atomic E-state index is 8.83. The molecular weight excluding hydrogens is 799 g/mol. The Morgan fingerprint density at radius 3 is 1.92 bits per heavy atom. The van der Waals surface area contributed by atoms with Gasteiger partial charge in [-0.15, -0.1) is 22.7 Å². The lowest BCUT2D eigenvalue weighted by molar-refractivity contribution is 0.312. The molecule has 6 aromatic heterocycles. The normalized spacial score (nSPS) is 12.9. The third kappa shape index (κ3) is 9.24.